The summed E-state index contributed by atoms with van der Waals surface area (Å²) in [4.78, 5) is 14.0. The van der Waals surface area contributed by atoms with Crippen molar-refractivity contribution >= 4 is 18.4 Å². The summed E-state index contributed by atoms with van der Waals surface area (Å²) >= 11 is 0. The Kier molecular flexibility index (Phi) is 5.07. The Bertz CT molecular complexity index is 963. The number of hydrogen-bond donors (Lipinski definition) is 0. The van der Waals surface area contributed by atoms with Gasteiger partial charge in [-0.1, -0.05) is 12.1 Å². The summed E-state index contributed by atoms with van der Waals surface area (Å²) in [6.45, 7) is 8.33. The third-order valence-corrected chi connectivity index (χ3v) is 5.79. The molecule has 1 saturated heterocycles. The number of halogens is 1. The predicted molar refractivity (Wildman–Crippen MR) is 105 cm³/mol. The molecule has 0 aliphatic carbocycles. The maximum atomic E-state index is 14.7. The minimum Gasteiger partial charge on any atom is -0.443 e. The molecule has 1 atom stereocenters. The molecule has 0 radical (unpaired) electrons. The molecule has 2 aliphatic heterocycles. The summed E-state index contributed by atoms with van der Waals surface area (Å²) in [6.07, 6.45) is 0.915. The van der Waals surface area contributed by atoms with E-state index in [9.17, 15) is 14.5 Å². The second-order valence-corrected chi connectivity index (χ2v) is 8.47. The Morgan fingerprint density at radius 3 is 2.67 bits per heavy atom. The molecule has 0 saturated carbocycles. The molecule has 3 heterocycles. The van der Waals surface area contributed by atoms with Crippen LogP contribution < -0.4 is 10.2 Å². The SMILES string of the molecule is CC1(C)OB(c2ccc(CO[C@@H]3COc4nc([N+](=O)[O-])cn4C3)c(F)c2)OC1(C)C. The van der Waals surface area contributed by atoms with Crippen molar-refractivity contribution in [2.24, 2.45) is 0 Å². The van der Waals surface area contributed by atoms with Crippen LogP contribution in [0.1, 0.15) is 33.3 Å². The number of nitrogens with zero attached hydrogens (tertiary/aromatic N) is 3. The minimum absolute atomic E-state index is 0.0373. The molecule has 0 bridgehead atoms. The summed E-state index contributed by atoms with van der Waals surface area (Å²) in [5.74, 6) is -0.701. The number of benzene rings is 1. The van der Waals surface area contributed by atoms with E-state index in [0.717, 1.165) is 0 Å². The van der Waals surface area contributed by atoms with Crippen LogP contribution in [-0.4, -0.2) is 45.5 Å². The largest absolute Gasteiger partial charge is 0.494 e. The monoisotopic (exact) mass is 419 g/mol. The fourth-order valence-electron chi connectivity index (χ4n) is 3.27. The predicted octanol–water partition coefficient (Wildman–Crippen LogP) is 2.21. The molecule has 0 spiro atoms. The van der Waals surface area contributed by atoms with Crippen molar-refractivity contribution in [2.75, 3.05) is 6.61 Å². The highest BCUT2D eigenvalue weighted by Crippen LogP contribution is 2.36. The molecule has 0 unspecified atom stereocenters. The standard InChI is InChI=1S/C19H23BFN3O6/c1-18(2)19(3,4)30-20(29-18)13-6-5-12(15(21)7-13)10-27-14-8-23-9-16(24(25)26)22-17(23)28-11-14/h5-7,9,14H,8,10-11H2,1-4H3/t14-/m0/s1. The average Bonchev–Trinajstić information content (AvgIpc) is 3.18. The summed E-state index contributed by atoms with van der Waals surface area (Å²) in [5.41, 5.74) is -0.0139. The molecular weight excluding hydrogens is 396 g/mol. The van der Waals surface area contributed by atoms with Crippen molar-refractivity contribution in [3.05, 3.63) is 45.9 Å². The summed E-state index contributed by atoms with van der Waals surface area (Å²) < 4.78 is 39.3. The minimum atomic E-state index is -0.637. The molecule has 4 rings (SSSR count). The molecule has 1 fully saturated rings. The first-order valence-electron chi connectivity index (χ1n) is 9.66. The van der Waals surface area contributed by atoms with E-state index in [-0.39, 0.29) is 31.1 Å². The van der Waals surface area contributed by atoms with Gasteiger partial charge >= 0.3 is 18.9 Å². The van der Waals surface area contributed by atoms with Crippen LogP contribution >= 0.6 is 0 Å². The number of fused-ring (bicyclic) bond motifs is 1. The van der Waals surface area contributed by atoms with E-state index in [2.05, 4.69) is 4.98 Å². The van der Waals surface area contributed by atoms with Crippen LogP contribution in [0.5, 0.6) is 6.01 Å². The molecule has 2 aromatic rings. The first kappa shape index (κ1) is 20.8. The molecule has 11 heteroatoms. The van der Waals surface area contributed by atoms with Crippen molar-refractivity contribution in [2.45, 2.75) is 58.2 Å². The van der Waals surface area contributed by atoms with Gasteiger partial charge in [-0.3, -0.25) is 4.57 Å². The van der Waals surface area contributed by atoms with Gasteiger partial charge in [-0.2, -0.15) is 0 Å². The second kappa shape index (κ2) is 7.33. The van der Waals surface area contributed by atoms with Crippen LogP contribution in [0.3, 0.4) is 0 Å². The lowest BCUT2D eigenvalue weighted by atomic mass is 9.79. The van der Waals surface area contributed by atoms with Gasteiger partial charge in [0.15, 0.2) is 0 Å². The number of rotatable bonds is 5. The first-order valence-corrected chi connectivity index (χ1v) is 9.66. The number of ether oxygens (including phenoxy) is 2. The van der Waals surface area contributed by atoms with Gasteiger partial charge in [0.1, 0.15) is 24.7 Å². The van der Waals surface area contributed by atoms with Crippen LogP contribution in [0.4, 0.5) is 10.2 Å². The smallest absolute Gasteiger partial charge is 0.443 e. The Balaban J connectivity index is 1.38. The molecule has 1 aromatic heterocycles. The highest BCUT2D eigenvalue weighted by molar-refractivity contribution is 6.62. The molecule has 1 aromatic carbocycles. The third-order valence-electron chi connectivity index (χ3n) is 5.79. The molecule has 160 valence electrons. The van der Waals surface area contributed by atoms with E-state index < -0.39 is 29.1 Å². The van der Waals surface area contributed by atoms with E-state index >= 15 is 0 Å². The number of hydrogen-bond acceptors (Lipinski definition) is 7. The molecular formula is C19H23BFN3O6. The Hall–Kier alpha value is -2.50. The Morgan fingerprint density at radius 2 is 2.03 bits per heavy atom. The molecule has 30 heavy (non-hydrogen) atoms. The zero-order valence-electron chi connectivity index (χ0n) is 17.3. The van der Waals surface area contributed by atoms with E-state index in [1.54, 1.807) is 12.1 Å². The molecule has 9 nitrogen and oxygen atoms in total. The van der Waals surface area contributed by atoms with Crippen LogP contribution in [0.15, 0.2) is 24.4 Å². The highest BCUT2D eigenvalue weighted by atomic mass is 19.1. The maximum absolute atomic E-state index is 14.7. The zero-order chi connectivity index (χ0) is 21.7. The lowest BCUT2D eigenvalue weighted by Crippen LogP contribution is -2.41. The summed E-state index contributed by atoms with van der Waals surface area (Å²) in [6, 6.07) is 4.99. The highest BCUT2D eigenvalue weighted by Gasteiger charge is 2.51. The lowest BCUT2D eigenvalue weighted by Gasteiger charge is -2.32. The van der Waals surface area contributed by atoms with E-state index in [1.807, 2.05) is 27.7 Å². The van der Waals surface area contributed by atoms with Gasteiger partial charge in [0.25, 0.3) is 0 Å². The number of nitro groups is 1. The van der Waals surface area contributed by atoms with E-state index in [0.29, 0.717) is 17.6 Å². The van der Waals surface area contributed by atoms with Crippen molar-refractivity contribution in [1.82, 2.24) is 9.55 Å². The molecule has 0 N–H and O–H groups in total. The van der Waals surface area contributed by atoms with Gasteiger partial charge in [0.05, 0.1) is 24.4 Å². The Morgan fingerprint density at radius 1 is 1.33 bits per heavy atom. The number of imidazole rings is 1. The fourth-order valence-corrected chi connectivity index (χ4v) is 3.27. The van der Waals surface area contributed by atoms with Crippen molar-refractivity contribution < 1.29 is 28.1 Å². The van der Waals surface area contributed by atoms with Crippen LogP contribution in [-0.2, 0) is 27.2 Å². The first-order chi connectivity index (χ1) is 14.1. The van der Waals surface area contributed by atoms with Gasteiger partial charge < -0.3 is 28.9 Å². The zero-order valence-corrected chi connectivity index (χ0v) is 17.3. The van der Waals surface area contributed by atoms with Crippen molar-refractivity contribution in [3.8, 4) is 6.01 Å². The van der Waals surface area contributed by atoms with Crippen molar-refractivity contribution in [3.63, 3.8) is 0 Å². The van der Waals surface area contributed by atoms with Gasteiger partial charge in [0.2, 0.25) is 0 Å². The Labute approximate surface area is 173 Å². The van der Waals surface area contributed by atoms with Gasteiger partial charge in [-0.15, -0.1) is 0 Å². The fraction of sp³-hybridized carbons (Fsp3) is 0.526. The second-order valence-electron chi connectivity index (χ2n) is 8.47. The topological polar surface area (TPSA) is 97.9 Å². The van der Waals surface area contributed by atoms with E-state index in [4.69, 9.17) is 18.8 Å². The van der Waals surface area contributed by atoms with Crippen molar-refractivity contribution in [1.29, 1.82) is 0 Å². The van der Waals surface area contributed by atoms with E-state index in [1.165, 1.54) is 16.8 Å². The molecule has 0 amide bonds. The van der Waals surface area contributed by atoms with Crippen LogP contribution in [0.2, 0.25) is 0 Å². The molecule has 2 aliphatic rings. The van der Waals surface area contributed by atoms with Gasteiger partial charge in [-0.05, 0) is 44.1 Å². The average molecular weight is 419 g/mol. The van der Waals surface area contributed by atoms with Gasteiger partial charge in [-0.25, -0.2) is 4.39 Å². The van der Waals surface area contributed by atoms with Crippen LogP contribution in [0.25, 0.3) is 0 Å². The summed E-state index contributed by atoms with van der Waals surface area (Å²) in [5, 5.41) is 10.8. The third kappa shape index (κ3) is 3.80. The normalized spacial score (nSPS) is 21.9. The van der Waals surface area contributed by atoms with Gasteiger partial charge in [0, 0.05) is 10.5 Å². The lowest BCUT2D eigenvalue weighted by molar-refractivity contribution is -0.389. The van der Waals surface area contributed by atoms with Crippen LogP contribution in [0, 0.1) is 15.9 Å². The number of aromatic nitrogens is 2. The maximum Gasteiger partial charge on any atom is 0.494 e. The summed E-state index contributed by atoms with van der Waals surface area (Å²) in [7, 11) is -0.637. The quantitative estimate of drug-likeness (QED) is 0.416.